The van der Waals surface area contributed by atoms with E-state index in [1.54, 1.807) is 6.07 Å². The van der Waals surface area contributed by atoms with Gasteiger partial charge < -0.3 is 19.8 Å². The van der Waals surface area contributed by atoms with Crippen LogP contribution in [0.1, 0.15) is 25.3 Å². The van der Waals surface area contributed by atoms with Gasteiger partial charge in [-0.3, -0.25) is 4.98 Å². The number of phenolic OH excluding ortho intramolecular Hbond substituents is 1. The molecule has 0 radical (unpaired) electrons. The Hall–Kier alpha value is -3.59. The normalized spacial score (nSPS) is 16.0. The second-order valence-electron chi connectivity index (χ2n) is 8.36. The first-order valence-electron chi connectivity index (χ1n) is 11.2. The minimum Gasteiger partial charge on any atom is -0.508 e. The average molecular weight is 466 g/mol. The fourth-order valence-corrected chi connectivity index (χ4v) is 4.86. The lowest BCUT2D eigenvalue weighted by Gasteiger charge is -2.25. The highest BCUT2D eigenvalue weighted by Crippen LogP contribution is 2.39. The first-order chi connectivity index (χ1) is 16.5. The SMILES string of the molecule is CCc1c(F)ccc2cc(O)cc(-c3ncc4c(N5CCC[C@H]5CO)nc(OC)nc4c3F)c12. The summed E-state index contributed by atoms with van der Waals surface area (Å²) in [6, 6.07) is 5.64. The Morgan fingerprint density at radius 3 is 2.76 bits per heavy atom. The first-order valence-corrected chi connectivity index (χ1v) is 11.2. The molecule has 3 heterocycles. The minimum absolute atomic E-state index is 0.00128. The van der Waals surface area contributed by atoms with E-state index in [4.69, 9.17) is 4.74 Å². The largest absolute Gasteiger partial charge is 0.508 e. The van der Waals surface area contributed by atoms with Crippen LogP contribution in [0.3, 0.4) is 0 Å². The van der Waals surface area contributed by atoms with Crippen molar-refractivity contribution in [2.24, 2.45) is 0 Å². The van der Waals surface area contributed by atoms with Gasteiger partial charge in [0.15, 0.2) is 5.82 Å². The van der Waals surface area contributed by atoms with Crippen LogP contribution in [-0.4, -0.2) is 51.5 Å². The summed E-state index contributed by atoms with van der Waals surface area (Å²) < 4.78 is 35.9. The van der Waals surface area contributed by atoms with Gasteiger partial charge in [0.1, 0.15) is 28.6 Å². The third kappa shape index (κ3) is 3.47. The summed E-state index contributed by atoms with van der Waals surface area (Å²) in [7, 11) is 1.40. The zero-order valence-corrected chi connectivity index (χ0v) is 18.8. The number of hydrogen-bond acceptors (Lipinski definition) is 7. The third-order valence-electron chi connectivity index (χ3n) is 6.45. The van der Waals surface area contributed by atoms with Gasteiger partial charge in [0, 0.05) is 18.3 Å². The lowest BCUT2D eigenvalue weighted by atomic mass is 9.94. The summed E-state index contributed by atoms with van der Waals surface area (Å²) in [5.41, 5.74) is 0.638. The van der Waals surface area contributed by atoms with Crippen LogP contribution in [0, 0.1) is 11.6 Å². The van der Waals surface area contributed by atoms with E-state index >= 15 is 4.39 Å². The van der Waals surface area contributed by atoms with Gasteiger partial charge >= 0.3 is 6.01 Å². The molecule has 5 rings (SSSR count). The molecule has 0 unspecified atom stereocenters. The number of rotatable bonds is 5. The van der Waals surface area contributed by atoms with E-state index in [-0.39, 0.29) is 41.2 Å². The van der Waals surface area contributed by atoms with Crippen LogP contribution in [0.4, 0.5) is 14.6 Å². The molecular weight excluding hydrogens is 442 g/mol. The molecule has 0 amide bonds. The predicted octanol–water partition coefficient (Wildman–Crippen LogP) is 4.36. The fourth-order valence-electron chi connectivity index (χ4n) is 4.86. The van der Waals surface area contributed by atoms with Crippen molar-refractivity contribution in [3.8, 4) is 23.0 Å². The van der Waals surface area contributed by atoms with Gasteiger partial charge in [0.2, 0.25) is 0 Å². The topological polar surface area (TPSA) is 91.6 Å². The van der Waals surface area contributed by atoms with Crippen LogP contribution in [0.5, 0.6) is 11.8 Å². The molecule has 2 N–H and O–H groups in total. The van der Waals surface area contributed by atoms with E-state index in [2.05, 4.69) is 15.0 Å². The Morgan fingerprint density at radius 2 is 2.03 bits per heavy atom. The molecule has 0 bridgehead atoms. The molecule has 1 fully saturated rings. The van der Waals surface area contributed by atoms with Gasteiger partial charge in [0.05, 0.1) is 25.1 Å². The maximum Gasteiger partial charge on any atom is 0.318 e. The van der Waals surface area contributed by atoms with Crippen LogP contribution in [0.2, 0.25) is 0 Å². The molecule has 2 aromatic carbocycles. The van der Waals surface area contributed by atoms with E-state index in [9.17, 15) is 14.6 Å². The van der Waals surface area contributed by atoms with Crippen LogP contribution < -0.4 is 9.64 Å². The summed E-state index contributed by atoms with van der Waals surface area (Å²) in [5.74, 6) is -0.769. The number of anilines is 1. The van der Waals surface area contributed by atoms with Crippen molar-refractivity contribution in [2.75, 3.05) is 25.2 Å². The van der Waals surface area contributed by atoms with Gasteiger partial charge in [-0.05, 0) is 53.8 Å². The number of aromatic nitrogens is 3. The molecule has 34 heavy (non-hydrogen) atoms. The molecular formula is C25H24F2N4O3. The van der Waals surface area contributed by atoms with Crippen molar-refractivity contribution in [3.63, 3.8) is 0 Å². The molecule has 7 nitrogen and oxygen atoms in total. The molecule has 9 heteroatoms. The number of nitrogens with zero attached hydrogens (tertiary/aromatic N) is 4. The number of benzene rings is 2. The van der Waals surface area contributed by atoms with Gasteiger partial charge in [-0.25, -0.2) is 8.78 Å². The number of aliphatic hydroxyl groups excluding tert-OH is 1. The zero-order chi connectivity index (χ0) is 24.0. The number of aryl methyl sites for hydroxylation is 1. The second kappa shape index (κ2) is 8.64. The van der Waals surface area contributed by atoms with Crippen molar-refractivity contribution < 1.29 is 23.7 Å². The van der Waals surface area contributed by atoms with Crippen molar-refractivity contribution in [2.45, 2.75) is 32.2 Å². The Balaban J connectivity index is 1.80. The number of ether oxygens (including phenoxy) is 1. The highest BCUT2D eigenvalue weighted by molar-refractivity contribution is 6.01. The van der Waals surface area contributed by atoms with E-state index in [0.29, 0.717) is 40.5 Å². The summed E-state index contributed by atoms with van der Waals surface area (Å²) in [4.78, 5) is 15.0. The number of hydrogen-bond donors (Lipinski definition) is 2. The summed E-state index contributed by atoms with van der Waals surface area (Å²) in [5, 5.41) is 21.6. The lowest BCUT2D eigenvalue weighted by molar-refractivity contribution is 0.266. The van der Waals surface area contributed by atoms with E-state index in [0.717, 1.165) is 12.8 Å². The summed E-state index contributed by atoms with van der Waals surface area (Å²) >= 11 is 0. The summed E-state index contributed by atoms with van der Waals surface area (Å²) in [6.07, 6.45) is 3.52. The molecule has 4 aromatic rings. The molecule has 1 atom stereocenters. The van der Waals surface area contributed by atoms with Gasteiger partial charge in [-0.1, -0.05) is 13.0 Å². The quantitative estimate of drug-likeness (QED) is 0.452. The lowest BCUT2D eigenvalue weighted by Crippen LogP contribution is -2.33. The first kappa shape index (κ1) is 22.2. The van der Waals surface area contributed by atoms with Crippen molar-refractivity contribution in [3.05, 3.63) is 47.7 Å². The second-order valence-corrected chi connectivity index (χ2v) is 8.36. The highest BCUT2D eigenvalue weighted by Gasteiger charge is 2.29. The van der Waals surface area contributed by atoms with Crippen molar-refractivity contribution in [1.82, 2.24) is 15.0 Å². The van der Waals surface area contributed by atoms with Crippen LogP contribution in [0.25, 0.3) is 32.9 Å². The molecule has 0 saturated carbocycles. The van der Waals surface area contributed by atoms with Gasteiger partial charge in [-0.15, -0.1) is 0 Å². The van der Waals surface area contributed by atoms with E-state index in [1.807, 2.05) is 11.8 Å². The third-order valence-corrected chi connectivity index (χ3v) is 6.45. The zero-order valence-electron chi connectivity index (χ0n) is 18.8. The van der Waals surface area contributed by atoms with Gasteiger partial charge in [0.25, 0.3) is 0 Å². The van der Waals surface area contributed by atoms with Crippen LogP contribution in [0.15, 0.2) is 30.5 Å². The number of methoxy groups -OCH3 is 1. The van der Waals surface area contributed by atoms with E-state index in [1.165, 1.54) is 31.5 Å². The Labute approximate surface area is 194 Å². The number of phenols is 1. The summed E-state index contributed by atoms with van der Waals surface area (Å²) in [6.45, 7) is 2.42. The Bertz CT molecular complexity index is 1410. The molecule has 1 aliphatic rings. The molecule has 1 aliphatic heterocycles. The van der Waals surface area contributed by atoms with Gasteiger partial charge in [-0.2, -0.15) is 9.97 Å². The minimum atomic E-state index is -0.725. The Morgan fingerprint density at radius 1 is 1.21 bits per heavy atom. The number of fused-ring (bicyclic) bond motifs is 2. The van der Waals surface area contributed by atoms with Crippen molar-refractivity contribution in [1.29, 1.82) is 0 Å². The molecule has 176 valence electrons. The smallest absolute Gasteiger partial charge is 0.318 e. The van der Waals surface area contributed by atoms with Crippen LogP contribution >= 0.6 is 0 Å². The average Bonchev–Trinajstić information content (AvgIpc) is 3.32. The monoisotopic (exact) mass is 466 g/mol. The molecule has 1 saturated heterocycles. The molecule has 0 aliphatic carbocycles. The number of halogens is 2. The Kier molecular flexibility index (Phi) is 5.65. The highest BCUT2D eigenvalue weighted by atomic mass is 19.1. The number of pyridine rings is 1. The number of aliphatic hydroxyl groups is 1. The van der Waals surface area contributed by atoms with Crippen LogP contribution in [-0.2, 0) is 6.42 Å². The predicted molar refractivity (Wildman–Crippen MR) is 125 cm³/mol. The van der Waals surface area contributed by atoms with Crippen molar-refractivity contribution >= 4 is 27.5 Å². The molecule has 0 spiro atoms. The van der Waals surface area contributed by atoms with E-state index < -0.39 is 11.6 Å². The molecule has 2 aromatic heterocycles. The number of aromatic hydroxyl groups is 1. The maximum atomic E-state index is 16.1. The standard InChI is InChI=1S/C25H24F2N4O3/c1-3-16-19(26)7-6-13-9-15(33)10-17(20(13)16)22-21(27)23-18(11-28-22)24(30-25(29-23)34-2)31-8-4-5-14(31)12-32/h6-7,9-11,14,32-33H,3-5,8,12H2,1-2H3/t14-/m0/s1. The fraction of sp³-hybridized carbons (Fsp3) is 0.320. The maximum absolute atomic E-state index is 16.1.